The van der Waals surface area contributed by atoms with Gasteiger partial charge in [0.1, 0.15) is 0 Å². The number of carboxylic acids is 1. The van der Waals surface area contributed by atoms with Gasteiger partial charge in [0, 0.05) is 11.8 Å². The van der Waals surface area contributed by atoms with E-state index >= 15 is 0 Å². The number of ether oxygens (including phenoxy) is 1. The minimum absolute atomic E-state index is 0.268. The van der Waals surface area contributed by atoms with Crippen LogP contribution in [-0.2, 0) is 14.3 Å². The van der Waals surface area contributed by atoms with Crippen LogP contribution in [0.4, 0.5) is 0 Å². The molecule has 0 aliphatic heterocycles. The van der Waals surface area contributed by atoms with E-state index < -0.39 is 17.8 Å². The summed E-state index contributed by atoms with van der Waals surface area (Å²) < 4.78 is 5.55. The minimum atomic E-state index is -0.931. The molecule has 2 atom stereocenters. The van der Waals surface area contributed by atoms with Crippen molar-refractivity contribution >= 4 is 11.9 Å². The van der Waals surface area contributed by atoms with Crippen molar-refractivity contribution in [3.05, 3.63) is 70.8 Å². The number of benzene rings is 2. The maximum Gasteiger partial charge on any atom is 0.310 e. The number of hydrogen-bond acceptors (Lipinski definition) is 3. The van der Waals surface area contributed by atoms with Crippen LogP contribution < -0.4 is 0 Å². The zero-order chi connectivity index (χ0) is 19.1. The summed E-state index contributed by atoms with van der Waals surface area (Å²) in [5.74, 6) is -2.97. The van der Waals surface area contributed by atoms with Crippen molar-refractivity contribution in [2.45, 2.75) is 32.1 Å². The van der Waals surface area contributed by atoms with E-state index in [4.69, 9.17) is 4.74 Å². The molecule has 27 heavy (non-hydrogen) atoms. The smallest absolute Gasteiger partial charge is 0.310 e. The van der Waals surface area contributed by atoms with Crippen LogP contribution in [0.1, 0.15) is 54.4 Å². The number of carbonyl (C=O) groups is 2. The molecular weight excluding hydrogens is 340 g/mol. The lowest BCUT2D eigenvalue weighted by atomic mass is 9.54. The molecule has 0 amide bonds. The largest absolute Gasteiger partial charge is 0.481 e. The molecule has 5 rings (SSSR count). The van der Waals surface area contributed by atoms with Gasteiger partial charge in [-0.15, -0.1) is 0 Å². The van der Waals surface area contributed by atoms with E-state index in [0.29, 0.717) is 12.5 Å². The Morgan fingerprint density at radius 1 is 0.889 bits per heavy atom. The summed E-state index contributed by atoms with van der Waals surface area (Å²) in [6.45, 7) is 4.48. The van der Waals surface area contributed by atoms with Gasteiger partial charge in [-0.05, 0) is 34.6 Å². The number of carboxylic acid groups (broad SMARTS) is 1. The van der Waals surface area contributed by atoms with Crippen molar-refractivity contribution in [2.24, 2.45) is 17.8 Å². The molecule has 2 bridgehead atoms. The van der Waals surface area contributed by atoms with Crippen LogP contribution in [0.15, 0.2) is 48.5 Å². The maximum atomic E-state index is 13.0. The quantitative estimate of drug-likeness (QED) is 0.808. The molecule has 3 aliphatic rings. The first kappa shape index (κ1) is 17.8. The summed E-state index contributed by atoms with van der Waals surface area (Å²) in [7, 11) is 0. The number of esters is 1. The van der Waals surface area contributed by atoms with Gasteiger partial charge in [0.15, 0.2) is 0 Å². The third-order valence-electron chi connectivity index (χ3n) is 5.93. The standard InChI is InChI=1S/C23H24O4/c1-13(2)11-12-27-23(26)21-19-16-9-5-3-7-14(16)18(20(21)22(24)25)15-8-4-6-10-17(15)19/h3-10,13,18-21H,11-12H2,1-2H3,(H,24,25)/t18?,19?,20-,21-/m0/s1. The van der Waals surface area contributed by atoms with E-state index in [1.807, 2.05) is 48.5 Å². The molecular formula is C23H24O4. The highest BCUT2D eigenvalue weighted by Crippen LogP contribution is 2.58. The maximum absolute atomic E-state index is 13.0. The SMILES string of the molecule is CC(C)CCOC(=O)[C@H]1C2c3ccccc3C(c3ccccc32)[C@@H]1C(=O)O. The van der Waals surface area contributed by atoms with Gasteiger partial charge in [-0.1, -0.05) is 62.4 Å². The number of rotatable bonds is 5. The zero-order valence-corrected chi connectivity index (χ0v) is 15.6. The normalized spacial score (nSPS) is 25.0. The third-order valence-corrected chi connectivity index (χ3v) is 5.93. The molecule has 1 N–H and O–H groups in total. The third kappa shape index (κ3) is 2.84. The van der Waals surface area contributed by atoms with Gasteiger partial charge < -0.3 is 9.84 Å². The number of fused-ring (bicyclic) bond motifs is 1. The van der Waals surface area contributed by atoms with Gasteiger partial charge in [-0.3, -0.25) is 9.59 Å². The lowest BCUT2D eigenvalue weighted by Gasteiger charge is -2.47. The Labute approximate surface area is 159 Å². The second-order valence-corrected chi connectivity index (χ2v) is 7.95. The van der Waals surface area contributed by atoms with Crippen LogP contribution >= 0.6 is 0 Å². The highest BCUT2D eigenvalue weighted by molar-refractivity contribution is 5.87. The van der Waals surface area contributed by atoms with E-state index in [2.05, 4.69) is 13.8 Å². The van der Waals surface area contributed by atoms with Gasteiger partial charge in [-0.2, -0.15) is 0 Å². The lowest BCUT2D eigenvalue weighted by molar-refractivity contribution is -0.160. The van der Waals surface area contributed by atoms with E-state index in [1.54, 1.807) is 0 Å². The Hall–Kier alpha value is -2.62. The van der Waals surface area contributed by atoms with Crippen molar-refractivity contribution in [1.29, 1.82) is 0 Å². The van der Waals surface area contributed by atoms with Crippen LogP contribution in [0.3, 0.4) is 0 Å². The Kier molecular flexibility index (Phi) is 4.50. The van der Waals surface area contributed by atoms with Gasteiger partial charge >= 0.3 is 11.9 Å². The molecule has 0 heterocycles. The molecule has 4 nitrogen and oxygen atoms in total. The van der Waals surface area contributed by atoms with Crippen molar-refractivity contribution in [1.82, 2.24) is 0 Å². The van der Waals surface area contributed by atoms with E-state index in [1.165, 1.54) is 0 Å². The van der Waals surface area contributed by atoms with Crippen molar-refractivity contribution < 1.29 is 19.4 Å². The first-order valence-corrected chi connectivity index (χ1v) is 9.57. The molecule has 2 aromatic rings. The van der Waals surface area contributed by atoms with Gasteiger partial charge in [0.25, 0.3) is 0 Å². The van der Waals surface area contributed by atoms with E-state index in [0.717, 1.165) is 28.7 Å². The monoisotopic (exact) mass is 364 g/mol. The average Bonchev–Trinajstić information content (AvgIpc) is 2.66. The molecule has 3 aliphatic carbocycles. The fourth-order valence-electron chi connectivity index (χ4n) is 4.75. The van der Waals surface area contributed by atoms with Crippen molar-refractivity contribution in [3.8, 4) is 0 Å². The molecule has 0 unspecified atom stereocenters. The van der Waals surface area contributed by atoms with Crippen molar-refractivity contribution in [3.63, 3.8) is 0 Å². The highest BCUT2D eigenvalue weighted by Gasteiger charge is 2.55. The Balaban J connectivity index is 1.80. The van der Waals surface area contributed by atoms with Gasteiger partial charge in [-0.25, -0.2) is 0 Å². The summed E-state index contributed by atoms with van der Waals surface area (Å²) in [6.07, 6.45) is 0.775. The lowest BCUT2D eigenvalue weighted by Crippen LogP contribution is -2.47. The second kappa shape index (κ2) is 6.84. The Morgan fingerprint density at radius 3 is 1.74 bits per heavy atom. The Bertz CT molecular complexity index is 838. The summed E-state index contributed by atoms with van der Waals surface area (Å²) in [6, 6.07) is 15.8. The summed E-state index contributed by atoms with van der Waals surface area (Å²) in [5.41, 5.74) is 4.17. The molecule has 2 aromatic carbocycles. The average molecular weight is 364 g/mol. The Morgan fingerprint density at radius 2 is 1.33 bits per heavy atom. The van der Waals surface area contributed by atoms with E-state index in [-0.39, 0.29) is 17.8 Å². The van der Waals surface area contributed by atoms with Crippen LogP contribution in [0.2, 0.25) is 0 Å². The molecule has 0 saturated carbocycles. The topological polar surface area (TPSA) is 63.6 Å². The zero-order valence-electron chi connectivity index (χ0n) is 15.6. The fraction of sp³-hybridized carbons (Fsp3) is 0.391. The van der Waals surface area contributed by atoms with E-state index in [9.17, 15) is 14.7 Å². The molecule has 0 saturated heterocycles. The van der Waals surface area contributed by atoms with Gasteiger partial charge in [0.05, 0.1) is 18.4 Å². The molecule has 0 fully saturated rings. The molecule has 0 aromatic heterocycles. The number of hydrogen-bond donors (Lipinski definition) is 1. The number of aliphatic carboxylic acids is 1. The first-order valence-electron chi connectivity index (χ1n) is 9.57. The number of carbonyl (C=O) groups excluding carboxylic acids is 1. The van der Waals surface area contributed by atoms with Crippen LogP contribution in [0.5, 0.6) is 0 Å². The van der Waals surface area contributed by atoms with Crippen LogP contribution in [0, 0.1) is 17.8 Å². The first-order chi connectivity index (χ1) is 13.0. The summed E-state index contributed by atoms with van der Waals surface area (Å²) in [5, 5.41) is 10.0. The highest BCUT2D eigenvalue weighted by atomic mass is 16.5. The summed E-state index contributed by atoms with van der Waals surface area (Å²) >= 11 is 0. The van der Waals surface area contributed by atoms with Crippen LogP contribution in [-0.4, -0.2) is 23.7 Å². The molecule has 0 radical (unpaired) electrons. The fourth-order valence-corrected chi connectivity index (χ4v) is 4.75. The molecule has 140 valence electrons. The molecule has 4 heteroatoms. The second-order valence-electron chi connectivity index (χ2n) is 7.95. The van der Waals surface area contributed by atoms with Crippen LogP contribution in [0.25, 0.3) is 0 Å². The van der Waals surface area contributed by atoms with Crippen molar-refractivity contribution in [2.75, 3.05) is 6.61 Å². The predicted molar refractivity (Wildman–Crippen MR) is 102 cm³/mol. The van der Waals surface area contributed by atoms with Gasteiger partial charge in [0.2, 0.25) is 0 Å². The predicted octanol–water partition coefficient (Wildman–Crippen LogP) is 4.18. The summed E-state index contributed by atoms with van der Waals surface area (Å²) in [4.78, 5) is 25.3. The molecule has 0 spiro atoms. The minimum Gasteiger partial charge on any atom is -0.481 e.